The van der Waals surface area contributed by atoms with Crippen molar-refractivity contribution in [1.82, 2.24) is 14.8 Å². The number of alkyl halides is 3. The number of hydrogen-bond acceptors (Lipinski definition) is 7. The largest absolute Gasteiger partial charge is 0.495 e. The lowest BCUT2D eigenvalue weighted by molar-refractivity contribution is -0.140. The van der Waals surface area contributed by atoms with Gasteiger partial charge in [0.05, 0.1) is 42.8 Å². The minimum Gasteiger partial charge on any atom is -0.495 e. The Balaban J connectivity index is 1.41. The number of rotatable bonds is 14. The van der Waals surface area contributed by atoms with Gasteiger partial charge in [-0.1, -0.05) is 12.0 Å². The van der Waals surface area contributed by atoms with Gasteiger partial charge in [-0.15, -0.1) is 0 Å². The van der Waals surface area contributed by atoms with E-state index in [1.54, 1.807) is 23.9 Å². The Hall–Kier alpha value is -2.36. The molecule has 1 aromatic carbocycles. The molecule has 43 heavy (non-hydrogen) atoms. The van der Waals surface area contributed by atoms with Crippen LogP contribution < -0.4 is 10.6 Å². The molecule has 2 heterocycles. The first-order valence-electron chi connectivity index (χ1n) is 15.2. The molecule has 0 saturated carbocycles. The van der Waals surface area contributed by atoms with E-state index in [2.05, 4.69) is 46.8 Å². The molecule has 0 bridgehead atoms. The van der Waals surface area contributed by atoms with Crippen molar-refractivity contribution in [3.63, 3.8) is 0 Å². The molecule has 1 saturated heterocycles. The zero-order valence-corrected chi connectivity index (χ0v) is 26.3. The molecule has 2 aromatic rings. The summed E-state index contributed by atoms with van der Waals surface area (Å²) in [6.07, 6.45) is 3.72. The number of anilines is 1. The molecule has 1 aliphatic carbocycles. The molecule has 4 rings (SSSR count). The predicted octanol–water partition coefficient (Wildman–Crippen LogP) is 5.50. The second kappa shape index (κ2) is 16.6. The van der Waals surface area contributed by atoms with Crippen molar-refractivity contribution in [3.8, 4) is 11.8 Å². The summed E-state index contributed by atoms with van der Waals surface area (Å²) in [4.78, 5) is 2.29. The van der Waals surface area contributed by atoms with Crippen LogP contribution in [0, 0.1) is 11.8 Å². The van der Waals surface area contributed by atoms with Gasteiger partial charge in [-0.3, -0.25) is 5.32 Å². The van der Waals surface area contributed by atoms with Crippen LogP contribution >= 0.6 is 11.8 Å². The van der Waals surface area contributed by atoms with Gasteiger partial charge >= 0.3 is 6.18 Å². The minimum absolute atomic E-state index is 0.0814. The van der Waals surface area contributed by atoms with E-state index in [-0.39, 0.29) is 6.04 Å². The minimum atomic E-state index is -4.36. The molecule has 0 radical (unpaired) electrons. The van der Waals surface area contributed by atoms with Gasteiger partial charge in [0.15, 0.2) is 0 Å². The van der Waals surface area contributed by atoms with E-state index in [0.717, 1.165) is 55.6 Å². The molecule has 2 unspecified atom stereocenters. The number of thioether (sulfide) groups is 1. The second-order valence-electron chi connectivity index (χ2n) is 11.0. The first-order valence-corrected chi connectivity index (χ1v) is 16.4. The van der Waals surface area contributed by atoms with Gasteiger partial charge in [0.2, 0.25) is 0 Å². The molecule has 238 valence electrons. The van der Waals surface area contributed by atoms with Crippen molar-refractivity contribution in [2.24, 2.45) is 0 Å². The highest BCUT2D eigenvalue weighted by molar-refractivity contribution is 7.99. The van der Waals surface area contributed by atoms with Gasteiger partial charge in [0.1, 0.15) is 18.9 Å². The van der Waals surface area contributed by atoms with E-state index in [9.17, 15) is 13.2 Å². The SMILES string of the molecule is CCOCCOCCOC1=CC(NCC#Cc2cc3c(NC4CCN(C)CC4)cccc3n2CC(F)(F)F)CCC1SC. The van der Waals surface area contributed by atoms with Gasteiger partial charge in [0, 0.05) is 29.8 Å². The summed E-state index contributed by atoms with van der Waals surface area (Å²) in [5, 5.41) is 8.07. The number of hydrogen-bond donors (Lipinski definition) is 2. The zero-order valence-electron chi connectivity index (χ0n) is 25.5. The van der Waals surface area contributed by atoms with E-state index in [0.29, 0.717) is 62.1 Å². The fourth-order valence-electron chi connectivity index (χ4n) is 5.53. The summed E-state index contributed by atoms with van der Waals surface area (Å²) in [6.45, 7) is 5.99. The summed E-state index contributed by atoms with van der Waals surface area (Å²) in [7, 11) is 2.11. The van der Waals surface area contributed by atoms with Crippen LogP contribution in [0.3, 0.4) is 0 Å². The van der Waals surface area contributed by atoms with Gasteiger partial charge in [0.25, 0.3) is 0 Å². The average molecular weight is 623 g/mol. The average Bonchev–Trinajstić information content (AvgIpc) is 3.32. The second-order valence-corrected chi connectivity index (χ2v) is 12.0. The molecule has 1 aromatic heterocycles. The van der Waals surface area contributed by atoms with E-state index in [4.69, 9.17) is 14.2 Å². The third-order valence-corrected chi connectivity index (χ3v) is 8.85. The van der Waals surface area contributed by atoms with Crippen molar-refractivity contribution in [3.05, 3.63) is 41.8 Å². The number of nitrogens with one attached hydrogen (secondary N) is 2. The number of aromatic nitrogens is 1. The maximum absolute atomic E-state index is 13.6. The summed E-state index contributed by atoms with van der Waals surface area (Å²) in [5.41, 5.74) is 1.76. The molecule has 2 aliphatic rings. The first-order chi connectivity index (χ1) is 20.8. The Kier molecular flexibility index (Phi) is 13.0. The first kappa shape index (κ1) is 33.5. The fourth-order valence-corrected chi connectivity index (χ4v) is 6.28. The number of piperidine rings is 1. The van der Waals surface area contributed by atoms with Crippen molar-refractivity contribution in [2.45, 2.75) is 62.7 Å². The van der Waals surface area contributed by atoms with Crippen LogP contribution in [-0.4, -0.2) is 98.9 Å². The van der Waals surface area contributed by atoms with Crippen LogP contribution in [0.5, 0.6) is 0 Å². The number of halogens is 3. The van der Waals surface area contributed by atoms with Crippen molar-refractivity contribution in [1.29, 1.82) is 0 Å². The van der Waals surface area contributed by atoms with Crippen LogP contribution in [0.2, 0.25) is 0 Å². The zero-order chi connectivity index (χ0) is 30.7. The highest BCUT2D eigenvalue weighted by Crippen LogP contribution is 2.32. The maximum atomic E-state index is 13.6. The Bertz CT molecular complexity index is 1250. The molecule has 1 aliphatic heterocycles. The number of nitrogens with zero attached hydrogens (tertiary/aromatic N) is 2. The number of fused-ring (bicyclic) bond motifs is 1. The summed E-state index contributed by atoms with van der Waals surface area (Å²) < 4.78 is 59.0. The van der Waals surface area contributed by atoms with E-state index in [1.165, 1.54) is 4.57 Å². The molecule has 2 N–H and O–H groups in total. The molecule has 11 heteroatoms. The van der Waals surface area contributed by atoms with Gasteiger partial charge in [-0.25, -0.2) is 0 Å². The van der Waals surface area contributed by atoms with Crippen molar-refractivity contribution in [2.75, 3.05) is 71.3 Å². The lowest BCUT2D eigenvalue weighted by Crippen LogP contribution is -2.36. The normalized spacial score (nSPS) is 20.1. The molecular formula is C32H45F3N4O3S. The predicted molar refractivity (Wildman–Crippen MR) is 169 cm³/mol. The molecular weight excluding hydrogens is 577 g/mol. The Morgan fingerprint density at radius 1 is 1.05 bits per heavy atom. The number of ether oxygens (including phenoxy) is 3. The van der Waals surface area contributed by atoms with Crippen LogP contribution in [-0.2, 0) is 20.8 Å². The van der Waals surface area contributed by atoms with Crippen molar-refractivity contribution < 1.29 is 27.4 Å². The highest BCUT2D eigenvalue weighted by Gasteiger charge is 2.30. The van der Waals surface area contributed by atoms with Crippen LogP contribution in [0.4, 0.5) is 18.9 Å². The molecule has 2 atom stereocenters. The summed E-state index contributed by atoms with van der Waals surface area (Å²) in [6, 6.07) is 7.67. The highest BCUT2D eigenvalue weighted by atomic mass is 32.2. The Morgan fingerprint density at radius 3 is 2.56 bits per heavy atom. The van der Waals surface area contributed by atoms with E-state index < -0.39 is 12.7 Å². The standard InChI is InChI=1S/C32H45F3N4O3S/c1-4-40-17-18-41-19-20-42-30-21-25(10-11-31(30)43-3)36-14-6-7-26-22-27-28(37-24-12-15-38(2)16-13-24)8-5-9-29(27)39(26)23-32(33,34)35/h5,8-9,21-22,24-25,31,36-37H,4,10-20,23H2,1-3H3. The van der Waals surface area contributed by atoms with Crippen LogP contribution in [0.1, 0.15) is 38.3 Å². The molecule has 0 amide bonds. The quantitative estimate of drug-likeness (QED) is 0.213. The molecule has 7 nitrogen and oxygen atoms in total. The molecule has 0 spiro atoms. The fraction of sp³-hybridized carbons (Fsp3) is 0.625. The topological polar surface area (TPSA) is 59.9 Å². The maximum Gasteiger partial charge on any atom is 0.406 e. The third kappa shape index (κ3) is 10.4. The lowest BCUT2D eigenvalue weighted by Gasteiger charge is -2.30. The number of benzene rings is 1. The Labute approximate surface area is 257 Å². The summed E-state index contributed by atoms with van der Waals surface area (Å²) in [5.74, 6) is 7.04. The molecule has 1 fully saturated rings. The monoisotopic (exact) mass is 622 g/mol. The van der Waals surface area contributed by atoms with Crippen molar-refractivity contribution >= 4 is 28.4 Å². The van der Waals surface area contributed by atoms with Gasteiger partial charge in [-0.2, -0.15) is 24.9 Å². The Morgan fingerprint density at radius 2 is 1.81 bits per heavy atom. The van der Waals surface area contributed by atoms with Crippen LogP contribution in [0.15, 0.2) is 36.1 Å². The van der Waals surface area contributed by atoms with Gasteiger partial charge in [-0.05, 0) is 89.2 Å². The van der Waals surface area contributed by atoms with Crippen LogP contribution in [0.25, 0.3) is 10.9 Å². The lowest BCUT2D eigenvalue weighted by atomic mass is 10.0. The number of likely N-dealkylation sites (tertiary alicyclic amines) is 1. The third-order valence-electron chi connectivity index (χ3n) is 7.81. The smallest absolute Gasteiger partial charge is 0.406 e. The van der Waals surface area contributed by atoms with Gasteiger partial charge < -0.3 is 29.0 Å². The van der Waals surface area contributed by atoms with E-state index in [1.807, 2.05) is 19.1 Å². The van der Waals surface area contributed by atoms with E-state index >= 15 is 0 Å². The summed E-state index contributed by atoms with van der Waals surface area (Å²) >= 11 is 1.76.